The highest BCUT2D eigenvalue weighted by Gasteiger charge is 2.49. The average molecular weight is 489 g/mol. The van der Waals surface area contributed by atoms with Crippen molar-refractivity contribution in [2.75, 3.05) is 38.2 Å². The Bertz CT molecular complexity index is 1170. The molecule has 0 radical (unpaired) electrons. The van der Waals surface area contributed by atoms with Crippen molar-refractivity contribution in [3.63, 3.8) is 0 Å². The number of aromatic amines is 1. The van der Waals surface area contributed by atoms with Gasteiger partial charge in [-0.15, -0.1) is 0 Å². The first-order valence-corrected chi connectivity index (χ1v) is 12.4. The fraction of sp³-hybridized carbons (Fsp3) is 0.481. The fourth-order valence-corrected chi connectivity index (χ4v) is 5.25. The Balaban J connectivity index is 1.48. The molecule has 0 spiro atoms. The van der Waals surface area contributed by atoms with E-state index in [0.717, 1.165) is 22.2 Å². The third kappa shape index (κ3) is 4.91. The van der Waals surface area contributed by atoms with Gasteiger partial charge in [0.1, 0.15) is 17.3 Å². The van der Waals surface area contributed by atoms with Gasteiger partial charge in [0.15, 0.2) is 0 Å². The van der Waals surface area contributed by atoms with Crippen LogP contribution in [0.15, 0.2) is 36.4 Å². The van der Waals surface area contributed by atoms with Crippen LogP contribution in [0.2, 0.25) is 0 Å². The monoisotopic (exact) mass is 488 g/mol. The number of anilines is 1. The van der Waals surface area contributed by atoms with Gasteiger partial charge in [0.2, 0.25) is 0 Å². The van der Waals surface area contributed by atoms with Crippen molar-refractivity contribution in [1.82, 2.24) is 15.2 Å². The maximum Gasteiger partial charge on any atom is 0.133 e. The van der Waals surface area contributed by atoms with E-state index >= 15 is 8.78 Å². The minimum atomic E-state index is -1.29. The van der Waals surface area contributed by atoms with Gasteiger partial charge in [0.25, 0.3) is 0 Å². The van der Waals surface area contributed by atoms with Crippen molar-refractivity contribution in [2.45, 2.75) is 50.4 Å². The van der Waals surface area contributed by atoms with Crippen molar-refractivity contribution < 1.29 is 17.6 Å². The molecule has 3 N–H and O–H groups in total. The molecule has 5 rings (SSSR count). The van der Waals surface area contributed by atoms with Gasteiger partial charge in [-0.05, 0) is 62.9 Å². The largest absolute Gasteiger partial charge is 0.384 e. The van der Waals surface area contributed by atoms with Crippen molar-refractivity contribution in [1.29, 1.82) is 0 Å². The van der Waals surface area contributed by atoms with Crippen LogP contribution in [0, 0.1) is 11.6 Å². The maximum absolute atomic E-state index is 15.6. The number of fused-ring (bicyclic) bond motifs is 3. The van der Waals surface area contributed by atoms with Crippen LogP contribution in [-0.2, 0) is 6.42 Å². The van der Waals surface area contributed by atoms with Gasteiger partial charge in [-0.25, -0.2) is 13.2 Å². The lowest BCUT2D eigenvalue weighted by molar-refractivity contribution is 0.0935. The number of halogens is 4. The van der Waals surface area contributed by atoms with Crippen molar-refractivity contribution in [2.24, 2.45) is 0 Å². The molecule has 35 heavy (non-hydrogen) atoms. The van der Waals surface area contributed by atoms with E-state index in [4.69, 9.17) is 0 Å². The number of aromatic nitrogens is 1. The highest BCUT2D eigenvalue weighted by atomic mass is 19.1. The number of para-hydroxylation sites is 1. The van der Waals surface area contributed by atoms with Gasteiger partial charge in [0, 0.05) is 53.5 Å². The molecule has 2 heterocycles. The molecule has 8 heteroatoms. The van der Waals surface area contributed by atoms with Gasteiger partial charge in [-0.2, -0.15) is 0 Å². The first-order chi connectivity index (χ1) is 16.9. The summed E-state index contributed by atoms with van der Waals surface area (Å²) in [7, 11) is 0. The lowest BCUT2D eigenvalue weighted by Crippen LogP contribution is -2.46. The summed E-state index contributed by atoms with van der Waals surface area (Å²) in [6, 6.07) is 9.65. The zero-order valence-electron chi connectivity index (χ0n) is 19.9. The van der Waals surface area contributed by atoms with Crippen LogP contribution in [0.25, 0.3) is 10.9 Å². The molecule has 1 aliphatic heterocycles. The van der Waals surface area contributed by atoms with Crippen LogP contribution < -0.4 is 10.6 Å². The van der Waals surface area contributed by atoms with Crippen LogP contribution in [0.4, 0.5) is 23.2 Å². The SMILES string of the molecule is C[C@@H]1Cc2c([nH]c3ccccc23)[C@@H](c2c(F)cc(NCCNCCCF)cc2F)N1CC1(F)CC1. The van der Waals surface area contributed by atoms with Crippen molar-refractivity contribution in [3.05, 3.63) is 64.9 Å². The number of hydrogen-bond donors (Lipinski definition) is 3. The van der Waals surface area contributed by atoms with Gasteiger partial charge < -0.3 is 15.6 Å². The Morgan fingerprint density at radius 3 is 2.54 bits per heavy atom. The van der Waals surface area contributed by atoms with Crippen molar-refractivity contribution >= 4 is 16.6 Å². The molecule has 0 unspecified atom stereocenters. The smallest absolute Gasteiger partial charge is 0.133 e. The Hall–Kier alpha value is -2.58. The molecule has 2 aliphatic rings. The predicted octanol–water partition coefficient (Wildman–Crippen LogP) is 5.65. The molecule has 1 aromatic heterocycles. The molecular weight excluding hydrogens is 456 g/mol. The maximum atomic E-state index is 15.6. The van der Waals surface area contributed by atoms with E-state index in [0.29, 0.717) is 51.0 Å². The van der Waals surface area contributed by atoms with Gasteiger partial charge >= 0.3 is 0 Å². The highest BCUT2D eigenvalue weighted by Crippen LogP contribution is 2.47. The van der Waals surface area contributed by atoms with E-state index in [1.807, 2.05) is 36.1 Å². The molecule has 0 saturated heterocycles. The van der Waals surface area contributed by atoms with Gasteiger partial charge in [-0.1, -0.05) is 18.2 Å². The topological polar surface area (TPSA) is 43.1 Å². The molecule has 3 aromatic rings. The average Bonchev–Trinajstić information content (AvgIpc) is 3.44. The lowest BCUT2D eigenvalue weighted by Gasteiger charge is -2.42. The van der Waals surface area contributed by atoms with Crippen LogP contribution in [0.5, 0.6) is 0 Å². The number of nitrogens with one attached hydrogen (secondary N) is 3. The third-order valence-electron chi connectivity index (χ3n) is 7.25. The summed E-state index contributed by atoms with van der Waals surface area (Å²) in [5.74, 6) is -1.31. The van der Waals surface area contributed by atoms with E-state index in [-0.39, 0.29) is 24.8 Å². The Kier molecular flexibility index (Phi) is 6.77. The lowest BCUT2D eigenvalue weighted by atomic mass is 9.87. The molecule has 1 fully saturated rings. The normalized spacial score (nSPS) is 21.3. The van der Waals surface area contributed by atoms with Gasteiger partial charge in [-0.3, -0.25) is 9.29 Å². The summed E-state index contributed by atoms with van der Waals surface area (Å²) in [4.78, 5) is 5.33. The van der Waals surface area contributed by atoms with E-state index < -0.39 is 23.3 Å². The highest BCUT2D eigenvalue weighted by molar-refractivity contribution is 5.85. The number of alkyl halides is 2. The molecule has 188 valence electrons. The number of hydrogen-bond acceptors (Lipinski definition) is 3. The van der Waals surface area contributed by atoms with Crippen LogP contribution in [0.1, 0.15) is 49.0 Å². The standard InChI is InChI=1S/C27H32F4N4/c1-17-13-20-19-5-2-3-6-23(19)34-25(20)26(35(17)16-27(31)7-8-27)24-21(29)14-18(15-22(24)30)33-12-11-32-10-4-9-28/h2-3,5-6,14-15,17,26,32-34H,4,7-13,16H2,1H3/t17-,26-/m1/s1. The minimum absolute atomic E-state index is 0.0553. The number of H-pyrrole nitrogens is 1. The molecule has 2 aromatic carbocycles. The minimum Gasteiger partial charge on any atom is -0.384 e. The first kappa shape index (κ1) is 24.1. The number of nitrogens with zero attached hydrogens (tertiary/aromatic N) is 1. The first-order valence-electron chi connectivity index (χ1n) is 12.4. The zero-order valence-corrected chi connectivity index (χ0v) is 19.9. The second-order valence-electron chi connectivity index (χ2n) is 9.91. The zero-order chi connectivity index (χ0) is 24.6. The van der Waals surface area contributed by atoms with E-state index in [2.05, 4.69) is 15.6 Å². The summed E-state index contributed by atoms with van der Waals surface area (Å²) in [6.07, 6.45) is 2.08. The molecule has 0 bridgehead atoms. The van der Waals surface area contributed by atoms with Crippen LogP contribution in [0.3, 0.4) is 0 Å². The molecule has 1 aliphatic carbocycles. The molecule has 1 saturated carbocycles. The Labute approximate surface area is 203 Å². The van der Waals surface area contributed by atoms with E-state index in [9.17, 15) is 8.78 Å². The van der Waals surface area contributed by atoms with Gasteiger partial charge in [0.05, 0.1) is 12.7 Å². The second-order valence-corrected chi connectivity index (χ2v) is 9.91. The molecular formula is C27H32F4N4. The van der Waals surface area contributed by atoms with E-state index in [1.54, 1.807) is 0 Å². The third-order valence-corrected chi connectivity index (χ3v) is 7.25. The van der Waals surface area contributed by atoms with Crippen LogP contribution >= 0.6 is 0 Å². The number of benzene rings is 2. The van der Waals surface area contributed by atoms with E-state index in [1.165, 1.54) is 12.1 Å². The van der Waals surface area contributed by atoms with Crippen molar-refractivity contribution in [3.8, 4) is 0 Å². The number of rotatable bonds is 10. The molecule has 2 atom stereocenters. The molecule has 4 nitrogen and oxygen atoms in total. The summed E-state index contributed by atoms with van der Waals surface area (Å²) in [6.45, 7) is 3.33. The molecule has 0 amide bonds. The summed E-state index contributed by atoms with van der Waals surface area (Å²) < 4.78 is 58.3. The summed E-state index contributed by atoms with van der Waals surface area (Å²) in [5.41, 5.74) is 1.69. The second kappa shape index (κ2) is 9.82. The fourth-order valence-electron chi connectivity index (χ4n) is 5.25. The summed E-state index contributed by atoms with van der Waals surface area (Å²) >= 11 is 0. The quantitative estimate of drug-likeness (QED) is 0.255. The van der Waals surface area contributed by atoms with Crippen LogP contribution in [-0.4, -0.2) is 54.4 Å². The summed E-state index contributed by atoms with van der Waals surface area (Å²) in [5, 5.41) is 7.14. The predicted molar refractivity (Wildman–Crippen MR) is 131 cm³/mol. The Morgan fingerprint density at radius 2 is 1.83 bits per heavy atom. The Morgan fingerprint density at radius 1 is 1.09 bits per heavy atom.